The van der Waals surface area contributed by atoms with Crippen LogP contribution in [-0.4, -0.2) is 38.4 Å². The Bertz CT molecular complexity index is 1180. The van der Waals surface area contributed by atoms with Crippen molar-refractivity contribution in [2.24, 2.45) is 11.3 Å². The molecule has 1 fully saturated rings. The minimum Gasteiger partial charge on any atom is -0.387 e. The standard InChI is InChI=1S/C22H24ClN5O2/c1-12-6-15(23)8-16(18(12)24-5)19-17-7-14(10-28(17)26-11-25-19)9-27-20(29)13(2)22(3,4)21(27)30/h6-8,10-11,13,24H,9H2,1-5H3. The molecule has 0 saturated carbocycles. The molecule has 2 aromatic heterocycles. The predicted octanol–water partition coefficient (Wildman–Crippen LogP) is 3.93. The lowest BCUT2D eigenvalue weighted by Crippen LogP contribution is -2.32. The van der Waals surface area contributed by atoms with Crippen molar-refractivity contribution in [3.8, 4) is 11.3 Å². The van der Waals surface area contributed by atoms with E-state index in [0.29, 0.717) is 5.02 Å². The van der Waals surface area contributed by atoms with Crippen LogP contribution < -0.4 is 5.32 Å². The highest BCUT2D eigenvalue weighted by Crippen LogP contribution is 2.39. The van der Waals surface area contributed by atoms with Gasteiger partial charge in [-0.2, -0.15) is 5.10 Å². The Kier molecular flexibility index (Phi) is 4.81. The summed E-state index contributed by atoms with van der Waals surface area (Å²) in [5, 5.41) is 8.15. The van der Waals surface area contributed by atoms with Crippen LogP contribution in [-0.2, 0) is 16.1 Å². The Morgan fingerprint density at radius 3 is 2.60 bits per heavy atom. The average molecular weight is 426 g/mol. The zero-order valence-corrected chi connectivity index (χ0v) is 18.4. The summed E-state index contributed by atoms with van der Waals surface area (Å²) in [6.07, 6.45) is 3.31. The molecule has 1 atom stereocenters. The molecule has 0 radical (unpaired) electrons. The first kappa shape index (κ1) is 20.3. The molecule has 156 valence electrons. The van der Waals surface area contributed by atoms with Crippen LogP contribution in [0.25, 0.3) is 16.8 Å². The smallest absolute Gasteiger partial charge is 0.235 e. The second-order valence-corrected chi connectivity index (χ2v) is 8.79. The fraction of sp³-hybridized carbons (Fsp3) is 0.364. The number of amides is 2. The van der Waals surface area contributed by atoms with Crippen molar-refractivity contribution in [2.75, 3.05) is 12.4 Å². The first-order chi connectivity index (χ1) is 14.1. The second kappa shape index (κ2) is 7.09. The van der Waals surface area contributed by atoms with E-state index >= 15 is 0 Å². The largest absolute Gasteiger partial charge is 0.387 e. The first-order valence-corrected chi connectivity index (χ1v) is 10.2. The van der Waals surface area contributed by atoms with E-state index in [9.17, 15) is 9.59 Å². The SMILES string of the molecule is CNc1c(C)cc(Cl)cc1-c1ncnn2cc(CN3C(=O)C(C)C(C)(C)C3=O)cc12. The number of carbonyl (C=O) groups excluding carboxylic acids is 2. The highest BCUT2D eigenvalue weighted by atomic mass is 35.5. The molecule has 1 unspecified atom stereocenters. The summed E-state index contributed by atoms with van der Waals surface area (Å²) in [6, 6.07) is 5.68. The van der Waals surface area contributed by atoms with Crippen LogP contribution in [0.1, 0.15) is 31.9 Å². The molecular weight excluding hydrogens is 402 g/mol. The number of likely N-dealkylation sites (tertiary alicyclic amines) is 1. The van der Waals surface area contributed by atoms with Crippen molar-refractivity contribution >= 4 is 34.6 Å². The number of anilines is 1. The summed E-state index contributed by atoms with van der Waals surface area (Å²) in [5.41, 5.74) is 4.42. The monoisotopic (exact) mass is 425 g/mol. The molecule has 2 amide bonds. The predicted molar refractivity (Wildman–Crippen MR) is 116 cm³/mol. The van der Waals surface area contributed by atoms with Gasteiger partial charge in [0.05, 0.1) is 23.2 Å². The molecule has 1 aliphatic rings. The Hall–Kier alpha value is -2.93. The van der Waals surface area contributed by atoms with Crippen LogP contribution in [0, 0.1) is 18.3 Å². The van der Waals surface area contributed by atoms with E-state index in [4.69, 9.17) is 11.6 Å². The molecule has 1 aromatic carbocycles. The van der Waals surface area contributed by atoms with Gasteiger partial charge in [-0.3, -0.25) is 14.5 Å². The van der Waals surface area contributed by atoms with E-state index in [0.717, 1.165) is 33.6 Å². The number of hydrogen-bond donors (Lipinski definition) is 1. The zero-order chi connectivity index (χ0) is 21.8. The normalized spacial score (nSPS) is 18.5. The van der Waals surface area contributed by atoms with Crippen molar-refractivity contribution in [1.82, 2.24) is 19.5 Å². The number of aryl methyl sites for hydroxylation is 1. The van der Waals surface area contributed by atoms with E-state index in [2.05, 4.69) is 15.4 Å². The van der Waals surface area contributed by atoms with Gasteiger partial charge in [-0.05, 0) is 36.2 Å². The summed E-state index contributed by atoms with van der Waals surface area (Å²) >= 11 is 6.31. The van der Waals surface area contributed by atoms with Crippen LogP contribution in [0.5, 0.6) is 0 Å². The van der Waals surface area contributed by atoms with E-state index in [1.807, 2.05) is 52.2 Å². The Balaban J connectivity index is 1.78. The molecule has 0 spiro atoms. The lowest BCUT2D eigenvalue weighted by molar-refractivity contribution is -0.141. The lowest BCUT2D eigenvalue weighted by Gasteiger charge is -2.18. The molecule has 1 N–H and O–H groups in total. The van der Waals surface area contributed by atoms with E-state index in [1.54, 1.807) is 11.4 Å². The molecule has 3 aromatic rings. The molecular formula is C22H24ClN5O2. The van der Waals surface area contributed by atoms with Crippen molar-refractivity contribution in [1.29, 1.82) is 0 Å². The Labute approximate surface area is 180 Å². The van der Waals surface area contributed by atoms with Gasteiger partial charge in [-0.1, -0.05) is 32.4 Å². The van der Waals surface area contributed by atoms with Gasteiger partial charge >= 0.3 is 0 Å². The second-order valence-electron chi connectivity index (χ2n) is 8.35. The van der Waals surface area contributed by atoms with Gasteiger partial charge < -0.3 is 5.32 Å². The zero-order valence-electron chi connectivity index (χ0n) is 17.7. The van der Waals surface area contributed by atoms with Gasteiger partial charge in [-0.15, -0.1) is 0 Å². The number of imide groups is 1. The molecule has 8 heteroatoms. The van der Waals surface area contributed by atoms with Crippen LogP contribution >= 0.6 is 11.6 Å². The molecule has 4 rings (SSSR count). The summed E-state index contributed by atoms with van der Waals surface area (Å²) in [7, 11) is 1.86. The molecule has 7 nitrogen and oxygen atoms in total. The van der Waals surface area contributed by atoms with Crippen molar-refractivity contribution in [3.63, 3.8) is 0 Å². The maximum absolute atomic E-state index is 12.8. The number of nitrogens with one attached hydrogen (secondary N) is 1. The topological polar surface area (TPSA) is 79.6 Å². The van der Waals surface area contributed by atoms with Crippen molar-refractivity contribution in [3.05, 3.63) is 46.9 Å². The maximum atomic E-state index is 12.8. The minimum absolute atomic E-state index is 0.144. The number of fused-ring (bicyclic) bond motifs is 1. The Morgan fingerprint density at radius 2 is 1.97 bits per heavy atom. The quantitative estimate of drug-likeness (QED) is 0.640. The molecule has 0 bridgehead atoms. The summed E-state index contributed by atoms with van der Waals surface area (Å²) in [4.78, 5) is 31.2. The third kappa shape index (κ3) is 3.04. The van der Waals surface area contributed by atoms with Crippen LogP contribution in [0.2, 0.25) is 5.02 Å². The summed E-state index contributed by atoms with van der Waals surface area (Å²) in [5.74, 6) is -0.635. The molecule has 3 heterocycles. The third-order valence-corrected chi connectivity index (χ3v) is 6.34. The van der Waals surface area contributed by atoms with Gasteiger partial charge in [0.2, 0.25) is 11.8 Å². The highest BCUT2D eigenvalue weighted by molar-refractivity contribution is 6.31. The third-order valence-electron chi connectivity index (χ3n) is 6.12. The molecule has 1 saturated heterocycles. The van der Waals surface area contributed by atoms with Crippen molar-refractivity contribution < 1.29 is 9.59 Å². The number of halogens is 1. The fourth-order valence-electron chi connectivity index (χ4n) is 4.05. The molecule has 0 aliphatic carbocycles. The molecule has 1 aliphatic heterocycles. The number of hydrogen-bond acceptors (Lipinski definition) is 5. The lowest BCUT2D eigenvalue weighted by atomic mass is 9.82. The average Bonchev–Trinajstić information content (AvgIpc) is 3.17. The minimum atomic E-state index is -0.693. The number of benzene rings is 1. The Morgan fingerprint density at radius 1 is 1.23 bits per heavy atom. The van der Waals surface area contributed by atoms with Crippen LogP contribution in [0.4, 0.5) is 5.69 Å². The van der Waals surface area contributed by atoms with E-state index in [-0.39, 0.29) is 24.3 Å². The van der Waals surface area contributed by atoms with Crippen LogP contribution in [0.15, 0.2) is 30.7 Å². The number of nitrogens with zero attached hydrogens (tertiary/aromatic N) is 4. The van der Waals surface area contributed by atoms with Gasteiger partial charge in [-0.25, -0.2) is 9.50 Å². The fourth-order valence-corrected chi connectivity index (χ4v) is 4.32. The number of carbonyl (C=O) groups is 2. The van der Waals surface area contributed by atoms with Gasteiger partial charge in [0.25, 0.3) is 0 Å². The van der Waals surface area contributed by atoms with Gasteiger partial charge in [0.1, 0.15) is 6.33 Å². The maximum Gasteiger partial charge on any atom is 0.235 e. The van der Waals surface area contributed by atoms with Crippen LogP contribution in [0.3, 0.4) is 0 Å². The van der Waals surface area contributed by atoms with Gasteiger partial charge in [0.15, 0.2) is 0 Å². The summed E-state index contributed by atoms with van der Waals surface area (Å²) < 4.78 is 1.72. The number of rotatable bonds is 4. The van der Waals surface area contributed by atoms with Gasteiger partial charge in [0, 0.05) is 35.4 Å². The highest BCUT2D eigenvalue weighted by Gasteiger charge is 2.50. The summed E-state index contributed by atoms with van der Waals surface area (Å²) in [6.45, 7) is 7.64. The number of aromatic nitrogens is 3. The van der Waals surface area contributed by atoms with Crippen molar-refractivity contribution in [2.45, 2.75) is 34.2 Å². The molecule has 30 heavy (non-hydrogen) atoms. The van der Waals surface area contributed by atoms with E-state index < -0.39 is 5.41 Å². The first-order valence-electron chi connectivity index (χ1n) is 9.81. The van der Waals surface area contributed by atoms with E-state index in [1.165, 1.54) is 11.2 Å².